The van der Waals surface area contributed by atoms with E-state index in [1.165, 1.54) is 12.1 Å². The molecule has 0 saturated heterocycles. The highest BCUT2D eigenvalue weighted by molar-refractivity contribution is 7.92. The number of benzene rings is 1. The number of hydrogen-bond acceptors (Lipinski definition) is 4. The number of sulfone groups is 1. The predicted molar refractivity (Wildman–Crippen MR) is 53.0 cm³/mol. The molecular formula is C10H11O4S-. The molecule has 0 fully saturated rings. The quantitative estimate of drug-likeness (QED) is 0.718. The number of rotatable bonds is 3. The number of carbonyl (C=O) groups excluding carboxylic acids is 1. The molecule has 5 heteroatoms. The van der Waals surface area contributed by atoms with Crippen molar-refractivity contribution in [1.82, 2.24) is 0 Å². The fourth-order valence-corrected chi connectivity index (χ4v) is 2.25. The average molecular weight is 227 g/mol. The zero-order chi connectivity index (χ0) is 11.6. The Bertz CT molecular complexity index is 488. The van der Waals surface area contributed by atoms with Gasteiger partial charge in [0.15, 0.2) is 9.84 Å². The largest absolute Gasteiger partial charge is 0.549 e. The summed E-state index contributed by atoms with van der Waals surface area (Å²) in [5.41, 5.74) is 1.77. The van der Waals surface area contributed by atoms with Crippen molar-refractivity contribution in [3.63, 3.8) is 0 Å². The summed E-state index contributed by atoms with van der Waals surface area (Å²) in [7, 11) is -3.76. The summed E-state index contributed by atoms with van der Waals surface area (Å²) in [5, 5.41) is 10.2. The van der Waals surface area contributed by atoms with Gasteiger partial charge in [-0.2, -0.15) is 0 Å². The van der Waals surface area contributed by atoms with Crippen LogP contribution in [0.3, 0.4) is 0 Å². The Labute approximate surface area is 88.5 Å². The molecule has 0 radical (unpaired) electrons. The average Bonchev–Trinajstić information content (AvgIpc) is 2.07. The van der Waals surface area contributed by atoms with Crippen molar-refractivity contribution in [3.8, 4) is 0 Å². The predicted octanol–water partition coefficient (Wildman–Crippen LogP) is -0.173. The van der Waals surface area contributed by atoms with Crippen molar-refractivity contribution >= 4 is 15.8 Å². The zero-order valence-corrected chi connectivity index (χ0v) is 9.30. The second-order valence-electron chi connectivity index (χ2n) is 3.38. The van der Waals surface area contributed by atoms with Gasteiger partial charge < -0.3 is 9.90 Å². The van der Waals surface area contributed by atoms with Gasteiger partial charge in [-0.25, -0.2) is 8.42 Å². The Morgan fingerprint density at radius 1 is 1.27 bits per heavy atom. The summed E-state index contributed by atoms with van der Waals surface area (Å²) in [6, 6.07) is 4.52. The maximum atomic E-state index is 11.5. The molecule has 0 N–H and O–H groups in total. The molecule has 1 rings (SSSR count). The van der Waals surface area contributed by atoms with Crippen LogP contribution in [0.5, 0.6) is 0 Å². The molecule has 0 unspecified atom stereocenters. The standard InChI is InChI=1S/C10H12O4S/c1-7-3-4-9(5-8(7)2)15(13,14)6-10(11)12/h3-5H,6H2,1-2H3,(H,11,12)/p-1. The molecule has 82 valence electrons. The lowest BCUT2D eigenvalue weighted by atomic mass is 10.1. The normalized spacial score (nSPS) is 11.3. The second kappa shape index (κ2) is 4.02. The van der Waals surface area contributed by atoms with Crippen LogP contribution >= 0.6 is 0 Å². The van der Waals surface area contributed by atoms with Gasteiger partial charge in [-0.1, -0.05) is 6.07 Å². The number of aliphatic carboxylic acids is 1. The van der Waals surface area contributed by atoms with Gasteiger partial charge in [0, 0.05) is 0 Å². The van der Waals surface area contributed by atoms with E-state index in [0.717, 1.165) is 11.1 Å². The van der Waals surface area contributed by atoms with E-state index in [1.807, 2.05) is 6.92 Å². The fraction of sp³-hybridized carbons (Fsp3) is 0.300. The smallest absolute Gasteiger partial charge is 0.183 e. The van der Waals surface area contributed by atoms with Crippen LogP contribution in [0, 0.1) is 13.8 Å². The molecule has 0 saturated carbocycles. The van der Waals surface area contributed by atoms with E-state index in [4.69, 9.17) is 0 Å². The van der Waals surface area contributed by atoms with Crippen molar-refractivity contribution in [2.24, 2.45) is 0 Å². The highest BCUT2D eigenvalue weighted by atomic mass is 32.2. The van der Waals surface area contributed by atoms with Gasteiger partial charge in [-0.05, 0) is 37.1 Å². The Morgan fingerprint density at radius 3 is 2.33 bits per heavy atom. The van der Waals surface area contributed by atoms with Gasteiger partial charge in [0.05, 0.1) is 16.6 Å². The summed E-state index contributed by atoms with van der Waals surface area (Å²) in [6.07, 6.45) is 0. The third-order valence-corrected chi connectivity index (χ3v) is 3.73. The van der Waals surface area contributed by atoms with Gasteiger partial charge in [-0.3, -0.25) is 0 Å². The van der Waals surface area contributed by atoms with Gasteiger partial charge in [-0.15, -0.1) is 0 Å². The lowest BCUT2D eigenvalue weighted by Crippen LogP contribution is -2.30. The molecule has 1 aromatic carbocycles. The Balaban J connectivity index is 3.17. The van der Waals surface area contributed by atoms with Gasteiger partial charge in [0.25, 0.3) is 0 Å². The second-order valence-corrected chi connectivity index (χ2v) is 5.37. The lowest BCUT2D eigenvalue weighted by molar-refractivity contribution is -0.301. The minimum atomic E-state index is -3.76. The molecule has 0 aromatic heterocycles. The van der Waals surface area contributed by atoms with Crippen molar-refractivity contribution in [2.75, 3.05) is 5.75 Å². The number of carbonyl (C=O) groups is 1. The van der Waals surface area contributed by atoms with E-state index >= 15 is 0 Å². The van der Waals surface area contributed by atoms with Crippen LogP contribution in [-0.2, 0) is 14.6 Å². The molecule has 0 atom stereocenters. The SMILES string of the molecule is Cc1ccc(S(=O)(=O)CC(=O)[O-])cc1C. The molecule has 1 aromatic rings. The Kier molecular flexibility index (Phi) is 3.14. The van der Waals surface area contributed by atoms with Crippen LogP contribution in [0.1, 0.15) is 11.1 Å². The van der Waals surface area contributed by atoms with Crippen molar-refractivity contribution in [3.05, 3.63) is 29.3 Å². The zero-order valence-electron chi connectivity index (χ0n) is 8.48. The lowest BCUT2D eigenvalue weighted by Gasteiger charge is -2.07. The molecule has 0 bridgehead atoms. The van der Waals surface area contributed by atoms with Gasteiger partial charge in [0.1, 0.15) is 0 Å². The molecule has 0 heterocycles. The first-order chi connectivity index (χ1) is 6.83. The Morgan fingerprint density at radius 2 is 1.87 bits per heavy atom. The topological polar surface area (TPSA) is 74.3 Å². The monoisotopic (exact) mass is 227 g/mol. The van der Waals surface area contributed by atoms with E-state index in [0.29, 0.717) is 0 Å². The van der Waals surface area contributed by atoms with E-state index in [2.05, 4.69) is 0 Å². The van der Waals surface area contributed by atoms with Crippen LogP contribution in [0.25, 0.3) is 0 Å². The van der Waals surface area contributed by atoms with Crippen LogP contribution in [0.15, 0.2) is 23.1 Å². The van der Waals surface area contributed by atoms with Crippen LogP contribution in [-0.4, -0.2) is 20.1 Å². The van der Waals surface area contributed by atoms with E-state index in [1.54, 1.807) is 13.0 Å². The highest BCUT2D eigenvalue weighted by Crippen LogP contribution is 2.15. The summed E-state index contributed by atoms with van der Waals surface area (Å²) in [6.45, 7) is 3.62. The molecule has 0 aliphatic carbocycles. The summed E-state index contributed by atoms with van der Waals surface area (Å²) < 4.78 is 23.0. The fourth-order valence-electron chi connectivity index (χ4n) is 1.15. The molecule has 15 heavy (non-hydrogen) atoms. The number of aryl methyl sites for hydroxylation is 2. The summed E-state index contributed by atoms with van der Waals surface area (Å²) in [5.74, 6) is -2.57. The molecular weight excluding hydrogens is 216 g/mol. The minimum absolute atomic E-state index is 0.0230. The molecule has 0 aliphatic heterocycles. The molecule has 0 amide bonds. The molecule has 4 nitrogen and oxygen atoms in total. The first-order valence-electron chi connectivity index (χ1n) is 4.33. The van der Waals surface area contributed by atoms with Crippen LogP contribution in [0.4, 0.5) is 0 Å². The van der Waals surface area contributed by atoms with E-state index < -0.39 is 21.6 Å². The van der Waals surface area contributed by atoms with Crippen LogP contribution < -0.4 is 5.11 Å². The number of carboxylic acid groups (broad SMARTS) is 1. The van der Waals surface area contributed by atoms with E-state index in [9.17, 15) is 18.3 Å². The third kappa shape index (κ3) is 2.79. The minimum Gasteiger partial charge on any atom is -0.549 e. The third-order valence-electron chi connectivity index (χ3n) is 2.15. The summed E-state index contributed by atoms with van der Waals surface area (Å²) in [4.78, 5) is 10.3. The molecule has 0 spiro atoms. The summed E-state index contributed by atoms with van der Waals surface area (Å²) >= 11 is 0. The van der Waals surface area contributed by atoms with Gasteiger partial charge >= 0.3 is 0 Å². The first-order valence-corrected chi connectivity index (χ1v) is 5.98. The van der Waals surface area contributed by atoms with Crippen molar-refractivity contribution < 1.29 is 18.3 Å². The number of hydrogen-bond donors (Lipinski definition) is 0. The molecule has 0 aliphatic rings. The first kappa shape index (κ1) is 11.7. The maximum Gasteiger partial charge on any atom is 0.183 e. The van der Waals surface area contributed by atoms with Gasteiger partial charge in [0.2, 0.25) is 0 Å². The Hall–Kier alpha value is -1.36. The number of carboxylic acids is 1. The van der Waals surface area contributed by atoms with Crippen molar-refractivity contribution in [1.29, 1.82) is 0 Å². The van der Waals surface area contributed by atoms with E-state index in [-0.39, 0.29) is 4.90 Å². The maximum absolute atomic E-state index is 11.5. The highest BCUT2D eigenvalue weighted by Gasteiger charge is 2.14. The van der Waals surface area contributed by atoms with Crippen LogP contribution in [0.2, 0.25) is 0 Å². The van der Waals surface area contributed by atoms with Crippen molar-refractivity contribution in [2.45, 2.75) is 18.7 Å².